The van der Waals surface area contributed by atoms with Gasteiger partial charge in [0.15, 0.2) is 5.03 Å². The van der Waals surface area contributed by atoms with Crippen LogP contribution in [0.5, 0.6) is 0 Å². The topological polar surface area (TPSA) is 95.2 Å². The van der Waals surface area contributed by atoms with Gasteiger partial charge >= 0.3 is 0 Å². The van der Waals surface area contributed by atoms with Gasteiger partial charge in [0, 0.05) is 20.5 Å². The lowest BCUT2D eigenvalue weighted by Gasteiger charge is -2.18. The first-order chi connectivity index (χ1) is 9.90. The molecular weight excluding hydrogens is 292 g/mol. The normalized spacial score (nSPS) is 11.1. The van der Waals surface area contributed by atoms with Crippen LogP contribution in [0.2, 0.25) is 0 Å². The lowest BCUT2D eigenvalue weighted by molar-refractivity contribution is -0.128. The summed E-state index contributed by atoms with van der Waals surface area (Å²) in [5, 5.41) is 6.02. The van der Waals surface area contributed by atoms with E-state index in [1.54, 1.807) is 31.3 Å². The van der Waals surface area contributed by atoms with Gasteiger partial charge in [-0.2, -0.15) is 13.5 Å². The van der Waals surface area contributed by atoms with Gasteiger partial charge in [-0.1, -0.05) is 18.2 Å². The molecule has 0 saturated heterocycles. The first-order valence-electron chi connectivity index (χ1n) is 6.22. The third kappa shape index (κ3) is 3.60. The second-order valence-corrected chi connectivity index (χ2v) is 6.21. The summed E-state index contributed by atoms with van der Waals surface area (Å²) in [6.45, 7) is 1.77. The van der Waals surface area contributed by atoms with Crippen LogP contribution in [0.1, 0.15) is 12.5 Å². The van der Waals surface area contributed by atoms with Crippen molar-refractivity contribution >= 4 is 21.6 Å². The number of carbonyl (C=O) groups excluding carboxylic acids is 1. The highest BCUT2D eigenvalue weighted by molar-refractivity contribution is 7.92. The van der Waals surface area contributed by atoms with Crippen LogP contribution >= 0.6 is 0 Å². The molecule has 0 radical (unpaired) electrons. The Balaban J connectivity index is 2.27. The number of sulfonamides is 1. The van der Waals surface area contributed by atoms with Crippen LogP contribution in [0.15, 0.2) is 41.6 Å². The monoisotopic (exact) mass is 308 g/mol. The van der Waals surface area contributed by atoms with Crippen molar-refractivity contribution in [1.29, 1.82) is 0 Å². The van der Waals surface area contributed by atoms with E-state index in [0.717, 1.165) is 0 Å². The zero-order chi connectivity index (χ0) is 15.5. The first kappa shape index (κ1) is 15.0. The molecule has 0 aliphatic rings. The molecule has 0 atom stereocenters. The van der Waals surface area contributed by atoms with Gasteiger partial charge in [-0.3, -0.25) is 14.6 Å². The summed E-state index contributed by atoms with van der Waals surface area (Å²) in [5.41, 5.74) is 1.14. The highest BCUT2D eigenvalue weighted by atomic mass is 32.2. The Morgan fingerprint density at radius 3 is 2.67 bits per heavy atom. The average molecular weight is 308 g/mol. The van der Waals surface area contributed by atoms with Crippen LogP contribution in [-0.2, 0) is 21.4 Å². The number of hydrogen-bond acceptors (Lipinski definition) is 4. The van der Waals surface area contributed by atoms with E-state index in [2.05, 4.69) is 14.9 Å². The van der Waals surface area contributed by atoms with Crippen molar-refractivity contribution in [3.63, 3.8) is 0 Å². The molecule has 0 fully saturated rings. The van der Waals surface area contributed by atoms with E-state index >= 15 is 0 Å². The molecule has 1 heterocycles. The summed E-state index contributed by atoms with van der Waals surface area (Å²) in [4.78, 5) is 12.8. The quantitative estimate of drug-likeness (QED) is 0.867. The molecule has 1 amide bonds. The van der Waals surface area contributed by atoms with Crippen molar-refractivity contribution in [2.45, 2.75) is 18.5 Å². The number of anilines is 1. The van der Waals surface area contributed by atoms with Crippen molar-refractivity contribution in [2.75, 3.05) is 11.8 Å². The minimum absolute atomic E-state index is 0.0165. The second-order valence-electron chi connectivity index (χ2n) is 4.56. The lowest BCUT2D eigenvalue weighted by Crippen LogP contribution is -2.24. The number of rotatable bonds is 5. The predicted molar refractivity (Wildman–Crippen MR) is 78.0 cm³/mol. The molecule has 0 saturated carbocycles. The van der Waals surface area contributed by atoms with Crippen LogP contribution in [0.25, 0.3) is 0 Å². The number of aromatic nitrogens is 2. The Labute approximate surface area is 123 Å². The highest BCUT2D eigenvalue weighted by Gasteiger charge is 2.17. The molecule has 2 aromatic rings. The Bertz CT molecular complexity index is 726. The Morgan fingerprint density at radius 2 is 2.05 bits per heavy atom. The number of carbonyl (C=O) groups is 1. The zero-order valence-electron chi connectivity index (χ0n) is 11.7. The van der Waals surface area contributed by atoms with Crippen LogP contribution in [0.3, 0.4) is 0 Å². The van der Waals surface area contributed by atoms with E-state index in [4.69, 9.17) is 0 Å². The summed E-state index contributed by atoms with van der Waals surface area (Å²) in [7, 11) is -2.06. The molecule has 2 N–H and O–H groups in total. The summed E-state index contributed by atoms with van der Waals surface area (Å²) >= 11 is 0. The van der Waals surface area contributed by atoms with Gasteiger partial charge in [0.1, 0.15) is 0 Å². The molecule has 8 heteroatoms. The minimum Gasteiger partial charge on any atom is -0.342 e. The molecule has 7 nitrogen and oxygen atoms in total. The van der Waals surface area contributed by atoms with Gasteiger partial charge < -0.3 is 4.90 Å². The summed E-state index contributed by atoms with van der Waals surface area (Å²) in [5.74, 6) is -0.0961. The number of amides is 1. The van der Waals surface area contributed by atoms with Gasteiger partial charge in [0.25, 0.3) is 10.0 Å². The fourth-order valence-electron chi connectivity index (χ4n) is 1.72. The van der Waals surface area contributed by atoms with E-state index in [1.165, 1.54) is 24.1 Å². The molecule has 21 heavy (non-hydrogen) atoms. The fourth-order valence-corrected chi connectivity index (χ4v) is 2.73. The maximum absolute atomic E-state index is 12.2. The number of nitrogens with zero attached hydrogens (tertiary/aromatic N) is 2. The average Bonchev–Trinajstić information content (AvgIpc) is 2.95. The molecule has 112 valence electrons. The molecule has 1 aromatic carbocycles. The van der Waals surface area contributed by atoms with E-state index in [9.17, 15) is 13.2 Å². The van der Waals surface area contributed by atoms with Crippen molar-refractivity contribution in [1.82, 2.24) is 15.1 Å². The molecule has 0 bridgehead atoms. The number of nitrogens with one attached hydrogen (secondary N) is 2. The molecule has 0 aliphatic carbocycles. The predicted octanol–water partition coefficient (Wildman–Crippen LogP) is 1.19. The van der Waals surface area contributed by atoms with E-state index in [0.29, 0.717) is 17.8 Å². The van der Waals surface area contributed by atoms with E-state index < -0.39 is 10.0 Å². The number of benzene rings is 1. The van der Waals surface area contributed by atoms with Gasteiger partial charge in [-0.25, -0.2) is 0 Å². The van der Waals surface area contributed by atoms with Crippen molar-refractivity contribution in [3.8, 4) is 0 Å². The lowest BCUT2D eigenvalue weighted by atomic mass is 10.2. The summed E-state index contributed by atoms with van der Waals surface area (Å²) in [6.07, 6.45) is 1.37. The van der Waals surface area contributed by atoms with E-state index in [-0.39, 0.29) is 10.9 Å². The Morgan fingerprint density at radius 1 is 1.33 bits per heavy atom. The molecule has 0 unspecified atom stereocenters. The third-order valence-electron chi connectivity index (χ3n) is 2.97. The van der Waals surface area contributed by atoms with Gasteiger partial charge in [-0.05, 0) is 17.7 Å². The summed E-state index contributed by atoms with van der Waals surface area (Å²) in [6, 6.07) is 8.30. The third-order valence-corrected chi connectivity index (χ3v) is 4.27. The number of aromatic amines is 1. The second kappa shape index (κ2) is 5.96. The summed E-state index contributed by atoms with van der Waals surface area (Å²) < 4.78 is 26.8. The molecule has 1 aromatic heterocycles. The number of H-pyrrole nitrogens is 1. The smallest absolute Gasteiger partial charge is 0.278 e. The standard InChI is InChI=1S/C13H16N4O3S/c1-10(18)17(2)9-11-5-3-4-6-12(11)16-21(19,20)13-7-8-14-15-13/h3-8,16H,9H2,1-2H3,(H,14,15). The van der Waals surface area contributed by atoms with Gasteiger partial charge in [0.2, 0.25) is 5.91 Å². The molecule has 2 rings (SSSR count). The van der Waals surface area contributed by atoms with Crippen LogP contribution in [0, 0.1) is 0 Å². The Hall–Kier alpha value is -2.35. The zero-order valence-corrected chi connectivity index (χ0v) is 12.5. The van der Waals surface area contributed by atoms with Crippen LogP contribution in [0.4, 0.5) is 5.69 Å². The highest BCUT2D eigenvalue weighted by Crippen LogP contribution is 2.20. The van der Waals surface area contributed by atoms with Crippen molar-refractivity contribution in [3.05, 3.63) is 42.1 Å². The largest absolute Gasteiger partial charge is 0.342 e. The van der Waals surface area contributed by atoms with Crippen LogP contribution < -0.4 is 4.72 Å². The Kier molecular flexibility index (Phi) is 4.27. The first-order valence-corrected chi connectivity index (χ1v) is 7.70. The fraction of sp³-hybridized carbons (Fsp3) is 0.231. The molecular formula is C13H16N4O3S. The molecule has 0 spiro atoms. The van der Waals surface area contributed by atoms with Crippen molar-refractivity contribution in [2.24, 2.45) is 0 Å². The van der Waals surface area contributed by atoms with Gasteiger partial charge in [0.05, 0.1) is 11.9 Å². The maximum Gasteiger partial charge on any atom is 0.278 e. The van der Waals surface area contributed by atoms with Crippen LogP contribution in [-0.4, -0.2) is 36.5 Å². The van der Waals surface area contributed by atoms with Gasteiger partial charge in [-0.15, -0.1) is 0 Å². The van der Waals surface area contributed by atoms with Crippen molar-refractivity contribution < 1.29 is 13.2 Å². The maximum atomic E-state index is 12.2. The minimum atomic E-state index is -3.72. The number of hydrogen-bond donors (Lipinski definition) is 2. The van der Waals surface area contributed by atoms with E-state index in [1.807, 2.05) is 0 Å². The molecule has 0 aliphatic heterocycles. The SMILES string of the molecule is CC(=O)N(C)Cc1ccccc1NS(=O)(=O)c1ccn[nH]1. The number of para-hydroxylation sites is 1.